The van der Waals surface area contributed by atoms with Gasteiger partial charge in [0.25, 0.3) is 0 Å². The SMILES string of the molecule is CCCCC1CSC([C@H]2CC[C@H](c3ccc(CC)cc3C)CC2)SC1. The first kappa shape index (κ1) is 19.7. The summed E-state index contributed by atoms with van der Waals surface area (Å²) in [6.45, 7) is 6.90. The standard InChI is InChI=1S/C23H36S2/c1-4-6-7-19-15-24-23(25-16-19)21-11-9-20(10-12-21)22-13-8-18(5-2)14-17(22)3/h8,13-14,19-21,23H,4-7,9-12,15-16H2,1-3H3/t19?,20-,21-,23?. The van der Waals surface area contributed by atoms with Crippen LogP contribution in [-0.2, 0) is 6.42 Å². The van der Waals surface area contributed by atoms with Crippen LogP contribution in [-0.4, -0.2) is 16.1 Å². The average Bonchev–Trinajstić information content (AvgIpc) is 2.67. The van der Waals surface area contributed by atoms with Gasteiger partial charge in [-0.15, -0.1) is 23.5 Å². The van der Waals surface area contributed by atoms with Crippen LogP contribution in [0.15, 0.2) is 18.2 Å². The van der Waals surface area contributed by atoms with Crippen LogP contribution in [0.4, 0.5) is 0 Å². The van der Waals surface area contributed by atoms with E-state index >= 15 is 0 Å². The van der Waals surface area contributed by atoms with Gasteiger partial charge in [0.1, 0.15) is 0 Å². The van der Waals surface area contributed by atoms with Gasteiger partial charge in [0.05, 0.1) is 4.58 Å². The molecule has 0 radical (unpaired) electrons. The van der Waals surface area contributed by atoms with Crippen LogP contribution in [0.1, 0.15) is 81.4 Å². The maximum Gasteiger partial charge on any atom is 0.0530 e. The zero-order valence-corrected chi connectivity index (χ0v) is 18.1. The molecule has 0 atom stereocenters. The molecule has 0 N–H and O–H groups in total. The molecule has 1 heterocycles. The summed E-state index contributed by atoms with van der Waals surface area (Å²) in [5, 5.41) is 0. The zero-order valence-electron chi connectivity index (χ0n) is 16.4. The van der Waals surface area contributed by atoms with Gasteiger partial charge in [-0.05, 0) is 91.4 Å². The van der Waals surface area contributed by atoms with Crippen molar-refractivity contribution in [2.75, 3.05) is 11.5 Å². The van der Waals surface area contributed by atoms with Gasteiger partial charge in [0.15, 0.2) is 0 Å². The summed E-state index contributed by atoms with van der Waals surface area (Å²) in [4.78, 5) is 0. The topological polar surface area (TPSA) is 0 Å². The van der Waals surface area contributed by atoms with Crippen molar-refractivity contribution in [3.63, 3.8) is 0 Å². The predicted octanol–water partition coefficient (Wildman–Crippen LogP) is 7.44. The Hall–Kier alpha value is -0.0800. The number of benzene rings is 1. The van der Waals surface area contributed by atoms with Gasteiger partial charge in [0.2, 0.25) is 0 Å². The molecular weight excluding hydrogens is 340 g/mol. The number of thioether (sulfide) groups is 2. The molecule has 1 aliphatic carbocycles. The molecule has 2 heteroatoms. The van der Waals surface area contributed by atoms with Crippen molar-refractivity contribution in [1.82, 2.24) is 0 Å². The molecule has 1 aliphatic heterocycles. The van der Waals surface area contributed by atoms with E-state index in [0.717, 1.165) is 28.8 Å². The molecule has 3 rings (SSSR count). The van der Waals surface area contributed by atoms with Gasteiger partial charge in [0, 0.05) is 0 Å². The van der Waals surface area contributed by atoms with E-state index in [1.54, 1.807) is 5.56 Å². The summed E-state index contributed by atoms with van der Waals surface area (Å²) in [7, 11) is 0. The molecule has 1 aromatic carbocycles. The molecule has 0 aromatic heterocycles. The molecular formula is C23H36S2. The Bertz CT molecular complexity index is 523. The normalized spacial score (nSPS) is 30.4. The lowest BCUT2D eigenvalue weighted by Gasteiger charge is -2.37. The van der Waals surface area contributed by atoms with E-state index in [1.165, 1.54) is 67.6 Å². The lowest BCUT2D eigenvalue weighted by atomic mass is 9.78. The lowest BCUT2D eigenvalue weighted by Crippen LogP contribution is -2.26. The summed E-state index contributed by atoms with van der Waals surface area (Å²) < 4.78 is 0.891. The van der Waals surface area contributed by atoms with Crippen LogP contribution in [0, 0.1) is 18.8 Å². The van der Waals surface area contributed by atoms with Crippen molar-refractivity contribution in [2.45, 2.75) is 82.6 Å². The predicted molar refractivity (Wildman–Crippen MR) is 117 cm³/mol. The van der Waals surface area contributed by atoms with Crippen molar-refractivity contribution < 1.29 is 0 Å². The highest BCUT2D eigenvalue weighted by molar-refractivity contribution is 8.17. The molecule has 2 fully saturated rings. The van der Waals surface area contributed by atoms with E-state index in [9.17, 15) is 0 Å². The smallest absolute Gasteiger partial charge is 0.0530 e. The molecule has 0 amide bonds. The van der Waals surface area contributed by atoms with E-state index in [2.05, 4.69) is 62.5 Å². The molecule has 0 bridgehead atoms. The van der Waals surface area contributed by atoms with Crippen LogP contribution in [0.5, 0.6) is 0 Å². The average molecular weight is 377 g/mol. The van der Waals surface area contributed by atoms with E-state index in [1.807, 2.05) is 0 Å². The minimum Gasteiger partial charge on any atom is -0.147 e. The van der Waals surface area contributed by atoms with Crippen LogP contribution >= 0.6 is 23.5 Å². The molecule has 0 nitrogen and oxygen atoms in total. The molecule has 0 spiro atoms. The quantitative estimate of drug-likeness (QED) is 0.506. The number of unbranched alkanes of at least 4 members (excludes halogenated alkanes) is 1. The Labute approximate surface area is 164 Å². The maximum absolute atomic E-state index is 2.43. The summed E-state index contributed by atoms with van der Waals surface area (Å²) in [6, 6.07) is 7.21. The molecule has 2 aliphatic rings. The van der Waals surface area contributed by atoms with Crippen LogP contribution in [0.2, 0.25) is 0 Å². The summed E-state index contributed by atoms with van der Waals surface area (Å²) in [5.41, 5.74) is 4.66. The van der Waals surface area contributed by atoms with Gasteiger partial charge in [-0.3, -0.25) is 0 Å². The second-order valence-electron chi connectivity index (χ2n) is 8.20. The third kappa shape index (κ3) is 5.22. The number of hydrogen-bond donors (Lipinski definition) is 0. The van der Waals surface area contributed by atoms with Crippen molar-refractivity contribution in [3.05, 3.63) is 34.9 Å². The number of rotatable bonds is 6. The molecule has 140 valence electrons. The minimum atomic E-state index is 0.818. The Balaban J connectivity index is 1.48. The summed E-state index contributed by atoms with van der Waals surface area (Å²) >= 11 is 4.59. The van der Waals surface area contributed by atoms with Crippen molar-refractivity contribution in [2.24, 2.45) is 11.8 Å². The Morgan fingerprint density at radius 1 is 1.00 bits per heavy atom. The Morgan fingerprint density at radius 2 is 1.72 bits per heavy atom. The first-order chi connectivity index (χ1) is 12.2. The molecule has 25 heavy (non-hydrogen) atoms. The van der Waals surface area contributed by atoms with E-state index < -0.39 is 0 Å². The fourth-order valence-corrected chi connectivity index (χ4v) is 8.19. The lowest BCUT2D eigenvalue weighted by molar-refractivity contribution is 0.342. The Kier molecular flexibility index (Phi) is 7.66. The van der Waals surface area contributed by atoms with Gasteiger partial charge in [-0.2, -0.15) is 0 Å². The molecule has 1 saturated carbocycles. The van der Waals surface area contributed by atoms with Gasteiger partial charge in [-0.1, -0.05) is 44.9 Å². The van der Waals surface area contributed by atoms with Gasteiger partial charge in [-0.25, -0.2) is 0 Å². The second kappa shape index (κ2) is 9.74. The minimum absolute atomic E-state index is 0.818. The van der Waals surface area contributed by atoms with Crippen LogP contribution < -0.4 is 0 Å². The van der Waals surface area contributed by atoms with Crippen molar-refractivity contribution >= 4 is 23.5 Å². The Morgan fingerprint density at radius 3 is 2.32 bits per heavy atom. The number of aryl methyl sites for hydroxylation is 2. The van der Waals surface area contributed by atoms with Crippen molar-refractivity contribution in [1.29, 1.82) is 0 Å². The van der Waals surface area contributed by atoms with Gasteiger partial charge >= 0.3 is 0 Å². The van der Waals surface area contributed by atoms with E-state index in [4.69, 9.17) is 0 Å². The second-order valence-corrected chi connectivity index (χ2v) is 10.8. The summed E-state index contributed by atoms with van der Waals surface area (Å²) in [6.07, 6.45) is 11.1. The molecule has 1 aromatic rings. The first-order valence-corrected chi connectivity index (χ1v) is 12.6. The highest BCUT2D eigenvalue weighted by atomic mass is 32.2. The summed E-state index contributed by atoms with van der Waals surface area (Å²) in [5.74, 6) is 5.62. The number of hydrogen-bond acceptors (Lipinski definition) is 2. The van der Waals surface area contributed by atoms with E-state index in [-0.39, 0.29) is 0 Å². The fraction of sp³-hybridized carbons (Fsp3) is 0.739. The highest BCUT2D eigenvalue weighted by Crippen LogP contribution is 2.47. The van der Waals surface area contributed by atoms with Crippen molar-refractivity contribution in [3.8, 4) is 0 Å². The van der Waals surface area contributed by atoms with E-state index in [0.29, 0.717) is 0 Å². The molecule has 0 unspecified atom stereocenters. The maximum atomic E-state index is 2.43. The zero-order chi connectivity index (χ0) is 17.6. The largest absolute Gasteiger partial charge is 0.147 e. The third-order valence-electron chi connectivity index (χ3n) is 6.30. The van der Waals surface area contributed by atoms with Crippen LogP contribution in [0.3, 0.4) is 0 Å². The molecule has 1 saturated heterocycles. The monoisotopic (exact) mass is 376 g/mol. The van der Waals surface area contributed by atoms with Crippen LogP contribution in [0.25, 0.3) is 0 Å². The fourth-order valence-electron chi connectivity index (χ4n) is 4.61. The highest BCUT2D eigenvalue weighted by Gasteiger charge is 2.32. The van der Waals surface area contributed by atoms with Gasteiger partial charge < -0.3 is 0 Å². The first-order valence-electron chi connectivity index (χ1n) is 10.5. The third-order valence-corrected chi connectivity index (χ3v) is 9.87.